The van der Waals surface area contributed by atoms with Crippen molar-refractivity contribution in [2.75, 3.05) is 92.9 Å². The molecule has 2 aromatic rings. The van der Waals surface area contributed by atoms with E-state index in [4.69, 9.17) is 56.8 Å². The Morgan fingerprint density at radius 2 is 1.35 bits per heavy atom. The number of fused-ring (bicyclic) bond motifs is 5. The van der Waals surface area contributed by atoms with Gasteiger partial charge in [0.15, 0.2) is 17.2 Å². The Hall–Kier alpha value is -6.79. The molecule has 3 fully saturated rings. The molecule has 27 nitrogen and oxygen atoms in total. The first-order valence-electron chi connectivity index (χ1n) is 31.3. The monoisotopic (exact) mass is 1310 g/mol. The van der Waals surface area contributed by atoms with Crippen LogP contribution in [0.1, 0.15) is 123 Å². The number of methoxy groups -OCH3 is 1. The summed E-state index contributed by atoms with van der Waals surface area (Å²) in [6, 6.07) is 13.4. The van der Waals surface area contributed by atoms with Crippen molar-refractivity contribution in [1.29, 1.82) is 0 Å². The predicted molar refractivity (Wildman–Crippen MR) is 328 cm³/mol. The average Bonchev–Trinajstić information content (AvgIpc) is 0.672. The number of ketones is 2. The lowest BCUT2D eigenvalue weighted by molar-refractivity contribution is -0.346. The third-order valence-corrected chi connectivity index (χ3v) is 17.3. The van der Waals surface area contributed by atoms with E-state index in [0.29, 0.717) is 52.2 Å². The highest BCUT2D eigenvalue weighted by Crippen LogP contribution is 2.64. The second kappa shape index (κ2) is 34.1. The highest BCUT2D eigenvalue weighted by molar-refractivity contribution is 5.94. The number of rotatable bonds is 35. The number of hydrogen-bond acceptors (Lipinski definition) is 24. The number of ether oxygens (including phenoxy) is 12. The quantitative estimate of drug-likeness (QED) is 0.0249. The number of amides is 3. The summed E-state index contributed by atoms with van der Waals surface area (Å²) < 4.78 is 68.4. The number of alkyl carbamates (subject to hydrolysis) is 1. The minimum atomic E-state index is -2.49. The molecule has 93 heavy (non-hydrogen) atoms. The van der Waals surface area contributed by atoms with E-state index in [0.717, 1.165) is 6.92 Å². The van der Waals surface area contributed by atoms with E-state index >= 15 is 9.59 Å². The highest BCUT2D eigenvalue weighted by Gasteiger charge is 2.78. The zero-order valence-corrected chi connectivity index (χ0v) is 54.8. The van der Waals surface area contributed by atoms with Crippen LogP contribution < -0.4 is 16.0 Å². The molecule has 12 atom stereocenters. The van der Waals surface area contributed by atoms with Gasteiger partial charge in [-0.05, 0) is 89.6 Å². The smallest absolute Gasteiger partial charge is 0.408 e. The predicted octanol–water partition coefficient (Wildman–Crippen LogP) is 3.29. The van der Waals surface area contributed by atoms with Gasteiger partial charge in [0, 0.05) is 45.3 Å². The minimum Gasteiger partial charge on any atom is -0.455 e. The molecule has 6 rings (SSSR count). The maximum absolute atomic E-state index is 15.3. The van der Waals surface area contributed by atoms with Crippen LogP contribution in [0.2, 0.25) is 0 Å². The molecule has 4 aliphatic rings. The van der Waals surface area contributed by atoms with Gasteiger partial charge in [-0.3, -0.25) is 24.0 Å². The molecule has 27 heteroatoms. The van der Waals surface area contributed by atoms with Crippen LogP contribution in [0.4, 0.5) is 4.79 Å². The van der Waals surface area contributed by atoms with E-state index in [1.54, 1.807) is 76.4 Å². The van der Waals surface area contributed by atoms with Crippen LogP contribution in [0.15, 0.2) is 71.8 Å². The fourth-order valence-electron chi connectivity index (χ4n) is 12.5. The summed E-state index contributed by atoms with van der Waals surface area (Å²) in [5.41, 5.74) is -9.06. The van der Waals surface area contributed by atoms with Gasteiger partial charge in [-0.25, -0.2) is 19.2 Å². The zero-order valence-electron chi connectivity index (χ0n) is 54.8. The van der Waals surface area contributed by atoms with E-state index in [1.807, 2.05) is 0 Å². The molecular weight excluding hydrogens is 1220 g/mol. The van der Waals surface area contributed by atoms with Crippen molar-refractivity contribution in [3.8, 4) is 0 Å². The first-order chi connectivity index (χ1) is 44.0. The van der Waals surface area contributed by atoms with Crippen molar-refractivity contribution in [2.24, 2.45) is 16.7 Å². The molecule has 2 bridgehead atoms. The van der Waals surface area contributed by atoms with E-state index in [9.17, 15) is 48.9 Å². The number of carbonyl (C=O) groups excluding carboxylic acids is 9. The number of aliphatic hydroxyl groups is 3. The minimum absolute atomic E-state index is 0.00422. The average molecular weight is 1310 g/mol. The largest absolute Gasteiger partial charge is 0.455 e. The maximum atomic E-state index is 15.3. The van der Waals surface area contributed by atoms with Gasteiger partial charge in [-0.2, -0.15) is 0 Å². The number of esters is 4. The molecule has 2 unspecified atom stereocenters. The van der Waals surface area contributed by atoms with Crippen LogP contribution >= 0.6 is 0 Å². The first-order valence-corrected chi connectivity index (χ1v) is 31.3. The molecule has 3 aliphatic carbocycles. The van der Waals surface area contributed by atoms with Crippen molar-refractivity contribution in [2.45, 2.75) is 166 Å². The summed E-state index contributed by atoms with van der Waals surface area (Å²) in [5.74, 6) is -7.77. The van der Waals surface area contributed by atoms with Crippen LogP contribution in [-0.2, 0) is 90.4 Å². The molecule has 0 aromatic heterocycles. The Morgan fingerprint density at radius 1 is 0.753 bits per heavy atom. The summed E-state index contributed by atoms with van der Waals surface area (Å²) in [6.07, 6.45) is -10.7. The van der Waals surface area contributed by atoms with Crippen molar-refractivity contribution in [1.82, 2.24) is 16.0 Å². The van der Waals surface area contributed by atoms with Crippen molar-refractivity contribution < 1.29 is 115 Å². The SMILES string of the molecule is COCCOCCOCCC(=O)NCCCCC(NC(=O)COCCOCCOCC(=O)O[C@H](C(=O)O[C@@H]1C[C@]2(O)[C@H](OC(=O)c3ccccc3)[C@@H]3[C@@](C)(C(=O)[C@@H](O)C(=C1C)C2(C)C)[C@H](O)CC1OC[C@@]13OC(C)=O)[C@H](NC(=O)OC(C)(C)C)c1ccccc1)C(C)=O. The topological polar surface area (TPSA) is 361 Å². The Morgan fingerprint density at radius 3 is 1.95 bits per heavy atom. The van der Waals surface area contributed by atoms with Crippen LogP contribution in [0, 0.1) is 16.7 Å². The van der Waals surface area contributed by atoms with E-state index in [-0.39, 0.29) is 93.1 Å². The lowest BCUT2D eigenvalue weighted by Crippen LogP contribution is -2.81. The maximum Gasteiger partial charge on any atom is 0.408 e. The van der Waals surface area contributed by atoms with Crippen molar-refractivity contribution in [3.05, 3.63) is 82.9 Å². The molecule has 1 saturated heterocycles. The summed E-state index contributed by atoms with van der Waals surface area (Å²) in [6.45, 7) is 13.7. The molecule has 2 saturated carbocycles. The summed E-state index contributed by atoms with van der Waals surface area (Å²) >= 11 is 0. The van der Waals surface area contributed by atoms with E-state index in [2.05, 4.69) is 16.0 Å². The molecule has 1 aliphatic heterocycles. The molecule has 1 heterocycles. The molecule has 2 aromatic carbocycles. The number of Topliss-reactive ketones (excluding diaryl/α,β-unsaturated/α-hetero) is 2. The zero-order chi connectivity index (χ0) is 68.3. The second-order valence-electron chi connectivity index (χ2n) is 25.3. The van der Waals surface area contributed by atoms with Gasteiger partial charge in [-0.15, -0.1) is 0 Å². The molecule has 3 amide bonds. The Kier molecular flexibility index (Phi) is 27.5. The Labute approximate surface area is 541 Å². The number of unbranched alkanes of at least 4 members (excludes halogenated alkanes) is 1. The van der Waals surface area contributed by atoms with Gasteiger partial charge in [-0.1, -0.05) is 62.4 Å². The summed E-state index contributed by atoms with van der Waals surface area (Å²) in [7, 11) is 1.58. The van der Waals surface area contributed by atoms with E-state index < -0.39 is 137 Å². The fraction of sp³-hybridized carbons (Fsp3) is 0.652. The molecule has 516 valence electrons. The Balaban J connectivity index is 1.12. The molecule has 0 spiro atoms. The van der Waals surface area contributed by atoms with Crippen LogP contribution in [0.3, 0.4) is 0 Å². The van der Waals surface area contributed by atoms with Crippen LogP contribution in [-0.4, -0.2) is 221 Å². The lowest BCUT2D eigenvalue weighted by Gasteiger charge is -2.67. The van der Waals surface area contributed by atoms with E-state index in [1.165, 1.54) is 46.8 Å². The number of aliphatic hydroxyl groups excluding tert-OH is 2. The van der Waals surface area contributed by atoms with Gasteiger partial charge in [0.05, 0.1) is 95.1 Å². The molecule has 0 radical (unpaired) electrons. The molecular formula is C66H93N3O24. The Bertz CT molecular complexity index is 2920. The number of benzene rings is 2. The number of hydrogen-bond donors (Lipinski definition) is 6. The normalized spacial score (nSPS) is 25.6. The highest BCUT2D eigenvalue weighted by atomic mass is 16.6. The van der Waals surface area contributed by atoms with Crippen LogP contribution in [0.25, 0.3) is 0 Å². The molecule has 6 N–H and O–H groups in total. The summed E-state index contributed by atoms with van der Waals surface area (Å²) in [5, 5.41) is 46.5. The lowest BCUT2D eigenvalue weighted by atomic mass is 9.44. The third-order valence-electron chi connectivity index (χ3n) is 17.3. The van der Waals surface area contributed by atoms with Crippen LogP contribution in [0.5, 0.6) is 0 Å². The number of nitrogens with one attached hydrogen (secondary N) is 3. The first kappa shape index (κ1) is 75.2. The van der Waals surface area contributed by atoms with Crippen molar-refractivity contribution in [3.63, 3.8) is 0 Å². The summed E-state index contributed by atoms with van der Waals surface area (Å²) in [4.78, 5) is 123. The number of carbonyl (C=O) groups is 9. The fourth-order valence-corrected chi connectivity index (χ4v) is 12.5. The standard InChI is InChI=1S/C66H93N3O24/c1-40-46(36-66(81)58(91-59(78)44-21-15-12-16-22-44)56-64(9,57(77)54(76)52(40)63(66,7)8)47(72)35-48-65(56,39-88-48)92-42(3)71)89-60(79)55(53(43-19-13-11-14-20-43)69-61(80)93-62(4,5)6)90-51(75)38-87-34-32-85-31-33-86-37-50(74)68-45(41(2)70)23-17-18-25-67-49(73)24-26-83-29-30-84-28-27-82-10/h11-16,19-22,45-48,53-56,58,72,76,81H,17-18,23-39H2,1-10H3,(H,67,73)(H,68,74)(H,69,80)/t45?,46-,47-,48?,53-,54+,55+,56-,58-,64+,65-,66+/m1/s1. The van der Waals surface area contributed by atoms with Gasteiger partial charge < -0.3 is 88.1 Å². The van der Waals surface area contributed by atoms with Gasteiger partial charge in [0.25, 0.3) is 0 Å². The van der Waals surface area contributed by atoms with Gasteiger partial charge in [0.2, 0.25) is 17.9 Å². The van der Waals surface area contributed by atoms with Gasteiger partial charge in [0.1, 0.15) is 54.9 Å². The van der Waals surface area contributed by atoms with Crippen molar-refractivity contribution >= 4 is 53.4 Å². The van der Waals surface area contributed by atoms with Gasteiger partial charge >= 0.3 is 30.0 Å². The third kappa shape index (κ3) is 19.2. The second-order valence-corrected chi connectivity index (χ2v) is 25.3.